The number of imidazole rings is 1. The zero-order chi connectivity index (χ0) is 17.1. The third-order valence-corrected chi connectivity index (χ3v) is 3.66. The van der Waals surface area contributed by atoms with E-state index in [0.29, 0.717) is 5.88 Å². The molecule has 1 radical (unpaired) electrons. The molecule has 25 heavy (non-hydrogen) atoms. The van der Waals surface area contributed by atoms with Crippen LogP contribution in [0.3, 0.4) is 0 Å². The minimum absolute atomic E-state index is 0.534. The number of fused-ring (bicyclic) bond motifs is 1. The Labute approximate surface area is 144 Å². The molecule has 0 bridgehead atoms. The Balaban J connectivity index is 1.74. The highest BCUT2D eigenvalue weighted by atomic mass is 16.5. The Morgan fingerprint density at radius 1 is 1.04 bits per heavy atom. The number of pyridine rings is 1. The van der Waals surface area contributed by atoms with Crippen molar-refractivity contribution >= 4 is 5.65 Å². The van der Waals surface area contributed by atoms with Gasteiger partial charge in [0.25, 0.3) is 0 Å². The maximum atomic E-state index is 5.12. The number of methoxy groups -OCH3 is 1. The second-order valence-electron chi connectivity index (χ2n) is 5.26. The van der Waals surface area contributed by atoms with Gasteiger partial charge in [0.15, 0.2) is 5.65 Å². The maximum absolute atomic E-state index is 5.12. The Kier molecular flexibility index (Phi) is 3.85. The molecule has 0 aliphatic carbocycles. The van der Waals surface area contributed by atoms with Gasteiger partial charge in [-0.15, -0.1) is 0 Å². The molecule has 0 amide bonds. The lowest BCUT2D eigenvalue weighted by Crippen LogP contribution is -1.96. The summed E-state index contributed by atoms with van der Waals surface area (Å²) in [5, 5.41) is 4.65. The molecule has 1 aromatic carbocycles. The highest BCUT2D eigenvalue weighted by molar-refractivity contribution is 5.60. The van der Waals surface area contributed by atoms with Gasteiger partial charge < -0.3 is 4.74 Å². The monoisotopic (exact) mass is 325 g/mol. The molecule has 0 saturated heterocycles. The normalized spacial score (nSPS) is 10.3. The molecule has 0 spiro atoms. The fourth-order valence-corrected chi connectivity index (χ4v) is 2.41. The first-order valence-corrected chi connectivity index (χ1v) is 7.67. The molecule has 0 aliphatic heterocycles. The van der Waals surface area contributed by atoms with Crippen LogP contribution >= 0.6 is 0 Å². The van der Waals surface area contributed by atoms with E-state index in [1.165, 1.54) is 0 Å². The molecule has 0 N–H and O–H groups in total. The third-order valence-electron chi connectivity index (χ3n) is 3.66. The van der Waals surface area contributed by atoms with E-state index in [-0.39, 0.29) is 0 Å². The van der Waals surface area contributed by atoms with Gasteiger partial charge >= 0.3 is 0 Å². The number of rotatable bonds is 2. The number of hydrogen-bond acceptors (Lipinski definition) is 4. The average Bonchev–Trinajstić information content (AvgIpc) is 3.09. The van der Waals surface area contributed by atoms with Gasteiger partial charge in [0.05, 0.1) is 19.0 Å². The van der Waals surface area contributed by atoms with Gasteiger partial charge in [0, 0.05) is 23.4 Å². The van der Waals surface area contributed by atoms with Crippen molar-refractivity contribution in [1.29, 1.82) is 0 Å². The standard InChI is InChI=1S/C20H13N4O/c1-25-20-13-15(11-12-21-20)7-8-17-14-22-19-10-9-18(23-24(17)19)16-5-3-2-4-6-16/h3-6,9-14H,1H3. The van der Waals surface area contributed by atoms with Crippen LogP contribution in [-0.4, -0.2) is 26.7 Å². The average molecular weight is 325 g/mol. The fourth-order valence-electron chi connectivity index (χ4n) is 2.41. The number of hydrogen-bond donors (Lipinski definition) is 0. The van der Waals surface area contributed by atoms with Crippen molar-refractivity contribution in [2.24, 2.45) is 0 Å². The smallest absolute Gasteiger partial charge is 0.214 e. The van der Waals surface area contributed by atoms with E-state index in [2.05, 4.69) is 33.0 Å². The van der Waals surface area contributed by atoms with Crippen molar-refractivity contribution in [1.82, 2.24) is 19.6 Å². The predicted molar refractivity (Wildman–Crippen MR) is 94.0 cm³/mol. The van der Waals surface area contributed by atoms with E-state index >= 15 is 0 Å². The summed E-state index contributed by atoms with van der Waals surface area (Å²) in [6, 6.07) is 18.2. The quantitative estimate of drug-likeness (QED) is 0.532. The number of ether oxygens (including phenoxy) is 1. The maximum Gasteiger partial charge on any atom is 0.214 e. The summed E-state index contributed by atoms with van der Waals surface area (Å²) in [5.41, 5.74) is 4.16. The van der Waals surface area contributed by atoms with Crippen molar-refractivity contribution in [3.8, 4) is 29.0 Å². The summed E-state index contributed by atoms with van der Waals surface area (Å²) in [5.74, 6) is 6.74. The Morgan fingerprint density at radius 3 is 2.76 bits per heavy atom. The van der Waals surface area contributed by atoms with Gasteiger partial charge in [0.1, 0.15) is 5.69 Å². The second kappa shape index (κ2) is 6.46. The molecule has 0 saturated carbocycles. The zero-order valence-electron chi connectivity index (χ0n) is 13.5. The first-order valence-electron chi connectivity index (χ1n) is 7.67. The second-order valence-corrected chi connectivity index (χ2v) is 5.26. The van der Waals surface area contributed by atoms with Crippen LogP contribution in [0.1, 0.15) is 11.3 Å². The summed E-state index contributed by atoms with van der Waals surface area (Å²) >= 11 is 0. The fraction of sp³-hybridized carbons (Fsp3) is 0.0500. The van der Waals surface area contributed by atoms with Crippen molar-refractivity contribution < 1.29 is 4.74 Å². The Bertz CT molecular complexity index is 1090. The molecule has 3 heterocycles. The van der Waals surface area contributed by atoms with Crippen LogP contribution < -0.4 is 4.74 Å². The lowest BCUT2D eigenvalue weighted by atomic mass is 10.1. The number of aromatic nitrogens is 4. The van der Waals surface area contributed by atoms with Gasteiger partial charge in [-0.05, 0) is 30.2 Å². The Hall–Kier alpha value is -3.65. The highest BCUT2D eigenvalue weighted by Crippen LogP contribution is 2.17. The van der Waals surface area contributed by atoms with Gasteiger partial charge in [-0.3, -0.25) is 0 Å². The molecule has 5 nitrogen and oxygen atoms in total. The van der Waals surface area contributed by atoms with Crippen LogP contribution in [0.25, 0.3) is 16.9 Å². The van der Waals surface area contributed by atoms with Crippen LogP contribution in [0, 0.1) is 17.9 Å². The van der Waals surface area contributed by atoms with Crippen molar-refractivity contribution in [3.63, 3.8) is 0 Å². The van der Waals surface area contributed by atoms with Crippen molar-refractivity contribution in [2.45, 2.75) is 0 Å². The molecular weight excluding hydrogens is 312 g/mol. The molecule has 0 atom stereocenters. The van der Waals surface area contributed by atoms with Gasteiger partial charge in [0.2, 0.25) is 5.88 Å². The van der Waals surface area contributed by atoms with Crippen molar-refractivity contribution in [3.05, 3.63) is 78.2 Å². The first-order chi connectivity index (χ1) is 12.3. The van der Waals surface area contributed by atoms with E-state index in [4.69, 9.17) is 4.74 Å². The molecule has 119 valence electrons. The molecular formula is C20H13N4O. The SMILES string of the molecule is COc1cc(C#Cc2cnc3ccc(-c4cc[c]cc4)nn23)ccn1. The van der Waals surface area contributed by atoms with Crippen LogP contribution in [0.5, 0.6) is 5.88 Å². The number of benzene rings is 1. The predicted octanol–water partition coefficient (Wildman–Crippen LogP) is 3.00. The molecule has 0 fully saturated rings. The lowest BCUT2D eigenvalue weighted by Gasteiger charge is -2.01. The zero-order valence-corrected chi connectivity index (χ0v) is 13.5. The summed E-state index contributed by atoms with van der Waals surface area (Å²) in [6.07, 6.45) is 3.39. The van der Waals surface area contributed by atoms with Gasteiger partial charge in [-0.1, -0.05) is 30.2 Å². The van der Waals surface area contributed by atoms with Gasteiger partial charge in [-0.2, -0.15) is 5.10 Å². The van der Waals surface area contributed by atoms with Crippen LogP contribution in [0.15, 0.2) is 60.9 Å². The molecule has 4 aromatic rings. The van der Waals surface area contributed by atoms with E-state index < -0.39 is 0 Å². The van der Waals surface area contributed by atoms with Crippen LogP contribution in [0.2, 0.25) is 0 Å². The topological polar surface area (TPSA) is 52.3 Å². The van der Waals surface area contributed by atoms with Crippen molar-refractivity contribution in [2.75, 3.05) is 7.11 Å². The third kappa shape index (κ3) is 3.06. The molecule has 0 aliphatic rings. The Morgan fingerprint density at radius 2 is 1.92 bits per heavy atom. The number of nitrogens with zero attached hydrogens (tertiary/aromatic N) is 4. The molecule has 3 aromatic heterocycles. The summed E-state index contributed by atoms with van der Waals surface area (Å²) < 4.78 is 6.86. The minimum atomic E-state index is 0.534. The van der Waals surface area contributed by atoms with E-state index in [1.807, 2.05) is 42.5 Å². The molecule has 0 unspecified atom stereocenters. The largest absolute Gasteiger partial charge is 0.481 e. The summed E-state index contributed by atoms with van der Waals surface area (Å²) in [7, 11) is 1.58. The van der Waals surface area contributed by atoms with E-state index in [9.17, 15) is 0 Å². The van der Waals surface area contributed by atoms with E-state index in [1.54, 1.807) is 30.1 Å². The lowest BCUT2D eigenvalue weighted by molar-refractivity contribution is 0.398. The molecule has 5 heteroatoms. The minimum Gasteiger partial charge on any atom is -0.481 e. The molecule has 4 rings (SSSR count). The van der Waals surface area contributed by atoms with E-state index in [0.717, 1.165) is 28.2 Å². The summed E-state index contributed by atoms with van der Waals surface area (Å²) in [4.78, 5) is 8.43. The van der Waals surface area contributed by atoms with Gasteiger partial charge in [-0.25, -0.2) is 14.5 Å². The first kappa shape index (κ1) is 14.9. The van der Waals surface area contributed by atoms with Crippen LogP contribution in [0.4, 0.5) is 0 Å². The van der Waals surface area contributed by atoms with Crippen LogP contribution in [-0.2, 0) is 0 Å². The summed E-state index contributed by atoms with van der Waals surface area (Å²) in [6.45, 7) is 0. The highest BCUT2D eigenvalue weighted by Gasteiger charge is 2.05.